The Kier molecular flexibility index (Phi) is 7.14. The van der Waals surface area contributed by atoms with Crippen LogP contribution in [0.15, 0.2) is 188 Å². The second-order valence-corrected chi connectivity index (χ2v) is 13.1. The van der Waals surface area contributed by atoms with Crippen LogP contribution >= 0.6 is 0 Å². The van der Waals surface area contributed by atoms with Crippen molar-refractivity contribution in [2.75, 3.05) is 0 Å². The Balaban J connectivity index is 1.19. The predicted octanol–water partition coefficient (Wildman–Crippen LogP) is 12.8. The van der Waals surface area contributed by atoms with Gasteiger partial charge in [-0.2, -0.15) is 0 Å². The van der Waals surface area contributed by atoms with Crippen LogP contribution in [0.5, 0.6) is 0 Å². The highest BCUT2D eigenvalue weighted by Crippen LogP contribution is 2.39. The zero-order valence-electron chi connectivity index (χ0n) is 28.2. The van der Waals surface area contributed by atoms with Crippen LogP contribution in [0.3, 0.4) is 0 Å². The lowest BCUT2D eigenvalue weighted by molar-refractivity contribution is 1.08. The van der Waals surface area contributed by atoms with Gasteiger partial charge in [0.05, 0.1) is 0 Å². The first-order chi connectivity index (χ1) is 25.8. The fourth-order valence-electron chi connectivity index (χ4n) is 7.72. The average Bonchev–Trinajstić information content (AvgIpc) is 3.23. The Morgan fingerprint density at radius 3 is 1.25 bits per heavy atom. The van der Waals surface area contributed by atoms with E-state index < -0.39 is 0 Å². The maximum atomic E-state index is 5.27. The van der Waals surface area contributed by atoms with E-state index in [-0.39, 0.29) is 0 Å². The zero-order valence-corrected chi connectivity index (χ0v) is 28.2. The summed E-state index contributed by atoms with van der Waals surface area (Å²) in [5, 5.41) is 9.41. The lowest BCUT2D eigenvalue weighted by Crippen LogP contribution is -2.01. The van der Waals surface area contributed by atoms with E-state index in [0.29, 0.717) is 17.5 Å². The summed E-state index contributed by atoms with van der Waals surface area (Å²) < 4.78 is 0. The molecule has 0 saturated heterocycles. The number of nitrogens with zero attached hydrogens (tertiary/aromatic N) is 3. The van der Waals surface area contributed by atoms with Crippen LogP contribution < -0.4 is 0 Å². The highest BCUT2D eigenvalue weighted by atomic mass is 15.0. The van der Waals surface area contributed by atoms with Gasteiger partial charge in [-0.25, -0.2) is 15.0 Å². The van der Waals surface area contributed by atoms with E-state index in [1.807, 2.05) is 18.2 Å². The fourth-order valence-corrected chi connectivity index (χ4v) is 7.72. The molecule has 0 fully saturated rings. The third-order valence-corrected chi connectivity index (χ3v) is 10.2. The molecule has 0 spiro atoms. The Morgan fingerprint density at radius 1 is 0.212 bits per heavy atom. The fraction of sp³-hybridized carbons (Fsp3) is 0. The standard InChI is InChI=1S/C49H31N3/c1-3-14-32(15-4-1)36-21-10-23-40-41-26-13-29-46(44(41)31-30-43(36)40)49-51-47(34-17-5-2-6-18-34)50-48(52-49)45-28-12-25-39-38(24-11-27-42(39)45)37-22-9-19-33-16-7-8-20-35(33)37/h1-31H. The quantitative estimate of drug-likeness (QED) is 0.172. The van der Waals surface area contributed by atoms with Crippen LogP contribution in [0.1, 0.15) is 0 Å². The number of benzene rings is 9. The van der Waals surface area contributed by atoms with E-state index in [1.54, 1.807) is 0 Å². The van der Waals surface area contributed by atoms with Gasteiger partial charge in [-0.3, -0.25) is 0 Å². The molecule has 0 bridgehead atoms. The highest BCUT2D eigenvalue weighted by Gasteiger charge is 2.18. The Bertz CT molecular complexity index is 2950. The minimum Gasteiger partial charge on any atom is -0.208 e. The van der Waals surface area contributed by atoms with Crippen molar-refractivity contribution in [1.82, 2.24) is 15.0 Å². The van der Waals surface area contributed by atoms with Gasteiger partial charge in [0.15, 0.2) is 17.5 Å². The highest BCUT2D eigenvalue weighted by molar-refractivity contribution is 6.15. The molecule has 1 aromatic heterocycles. The zero-order chi connectivity index (χ0) is 34.4. The molecule has 0 saturated carbocycles. The van der Waals surface area contributed by atoms with Gasteiger partial charge in [0.25, 0.3) is 0 Å². The molecule has 242 valence electrons. The number of rotatable bonds is 5. The number of hydrogen-bond donors (Lipinski definition) is 0. The number of fused-ring (bicyclic) bond motifs is 5. The molecule has 0 N–H and O–H groups in total. The first-order valence-corrected chi connectivity index (χ1v) is 17.6. The maximum absolute atomic E-state index is 5.27. The molecule has 0 amide bonds. The summed E-state index contributed by atoms with van der Waals surface area (Å²) in [4.78, 5) is 15.6. The molecule has 0 unspecified atom stereocenters. The van der Waals surface area contributed by atoms with Crippen molar-refractivity contribution in [3.63, 3.8) is 0 Å². The smallest absolute Gasteiger partial charge is 0.164 e. The summed E-state index contributed by atoms with van der Waals surface area (Å²) >= 11 is 0. The SMILES string of the molecule is c1ccc(-c2nc(-c3cccc4c(-c5cccc6ccccc56)cccc34)nc(-c3cccc4c3ccc3c(-c5ccccc5)cccc34)n2)cc1. The van der Waals surface area contributed by atoms with Gasteiger partial charge in [-0.05, 0) is 65.3 Å². The van der Waals surface area contributed by atoms with E-state index >= 15 is 0 Å². The molecule has 10 rings (SSSR count). The normalized spacial score (nSPS) is 11.5. The minimum atomic E-state index is 0.645. The molecule has 10 aromatic rings. The molecule has 3 nitrogen and oxygen atoms in total. The van der Waals surface area contributed by atoms with Crippen molar-refractivity contribution in [3.8, 4) is 56.4 Å². The van der Waals surface area contributed by atoms with Crippen molar-refractivity contribution in [1.29, 1.82) is 0 Å². The van der Waals surface area contributed by atoms with Gasteiger partial charge in [-0.1, -0.05) is 188 Å². The molecule has 0 aliphatic heterocycles. The molecule has 0 aliphatic rings. The van der Waals surface area contributed by atoms with Gasteiger partial charge in [-0.15, -0.1) is 0 Å². The second-order valence-electron chi connectivity index (χ2n) is 13.1. The third-order valence-electron chi connectivity index (χ3n) is 10.2. The van der Waals surface area contributed by atoms with Crippen molar-refractivity contribution < 1.29 is 0 Å². The molecule has 3 heteroatoms. The molecule has 0 atom stereocenters. The summed E-state index contributed by atoms with van der Waals surface area (Å²) in [5.74, 6) is 1.94. The van der Waals surface area contributed by atoms with E-state index in [4.69, 9.17) is 15.0 Å². The Hall–Kier alpha value is -6.97. The molecule has 0 radical (unpaired) electrons. The van der Waals surface area contributed by atoms with E-state index in [0.717, 1.165) is 32.8 Å². The molecule has 52 heavy (non-hydrogen) atoms. The summed E-state index contributed by atoms with van der Waals surface area (Å²) in [6.07, 6.45) is 0. The van der Waals surface area contributed by atoms with Crippen molar-refractivity contribution in [2.45, 2.75) is 0 Å². The maximum Gasteiger partial charge on any atom is 0.164 e. The average molecular weight is 662 g/mol. The van der Waals surface area contributed by atoms with Crippen molar-refractivity contribution in [3.05, 3.63) is 188 Å². The van der Waals surface area contributed by atoms with E-state index in [9.17, 15) is 0 Å². The molecular weight excluding hydrogens is 631 g/mol. The van der Waals surface area contributed by atoms with Crippen LogP contribution in [0, 0.1) is 0 Å². The van der Waals surface area contributed by atoms with Gasteiger partial charge < -0.3 is 0 Å². The molecule has 1 heterocycles. The second kappa shape index (κ2) is 12.4. The molecule has 9 aromatic carbocycles. The molecular formula is C49H31N3. The van der Waals surface area contributed by atoms with Crippen molar-refractivity contribution >= 4 is 43.1 Å². The van der Waals surface area contributed by atoms with Crippen molar-refractivity contribution in [2.24, 2.45) is 0 Å². The summed E-state index contributed by atoms with van der Waals surface area (Å²) in [6.45, 7) is 0. The van der Waals surface area contributed by atoms with E-state index in [1.165, 1.54) is 49.2 Å². The van der Waals surface area contributed by atoms with Gasteiger partial charge in [0, 0.05) is 16.7 Å². The topological polar surface area (TPSA) is 38.7 Å². The van der Waals surface area contributed by atoms with Gasteiger partial charge in [0.1, 0.15) is 0 Å². The predicted molar refractivity (Wildman–Crippen MR) is 217 cm³/mol. The van der Waals surface area contributed by atoms with Crippen LogP contribution in [-0.2, 0) is 0 Å². The summed E-state index contributed by atoms with van der Waals surface area (Å²) in [6, 6.07) is 66.4. The number of aromatic nitrogens is 3. The monoisotopic (exact) mass is 661 g/mol. The number of hydrogen-bond acceptors (Lipinski definition) is 3. The first kappa shape index (κ1) is 29.9. The van der Waals surface area contributed by atoms with Crippen LogP contribution in [0.25, 0.3) is 99.5 Å². The lowest BCUT2D eigenvalue weighted by atomic mass is 9.92. The van der Waals surface area contributed by atoms with Crippen LogP contribution in [-0.4, -0.2) is 15.0 Å². The van der Waals surface area contributed by atoms with Crippen LogP contribution in [0.4, 0.5) is 0 Å². The lowest BCUT2D eigenvalue weighted by Gasteiger charge is -2.15. The molecule has 0 aliphatic carbocycles. The third kappa shape index (κ3) is 5.02. The van der Waals surface area contributed by atoms with Gasteiger partial charge >= 0.3 is 0 Å². The van der Waals surface area contributed by atoms with Crippen LogP contribution in [0.2, 0.25) is 0 Å². The summed E-state index contributed by atoms with van der Waals surface area (Å²) in [5.41, 5.74) is 7.71. The summed E-state index contributed by atoms with van der Waals surface area (Å²) in [7, 11) is 0. The minimum absolute atomic E-state index is 0.645. The first-order valence-electron chi connectivity index (χ1n) is 17.6. The Morgan fingerprint density at radius 2 is 0.596 bits per heavy atom. The van der Waals surface area contributed by atoms with Gasteiger partial charge in [0.2, 0.25) is 0 Å². The Labute approximate surface area is 301 Å². The largest absolute Gasteiger partial charge is 0.208 e. The van der Waals surface area contributed by atoms with E-state index in [2.05, 4.69) is 170 Å².